The summed E-state index contributed by atoms with van der Waals surface area (Å²) >= 11 is 0. The van der Waals surface area contributed by atoms with Crippen molar-refractivity contribution in [3.05, 3.63) is 54.1 Å². The Morgan fingerprint density at radius 2 is 1.81 bits per heavy atom. The number of carbonyl (C=O) groups excluding carboxylic acids is 1. The number of ether oxygens (including phenoxy) is 3. The standard InChI is InChI=1S/C21H27NO4/c1-4-16(3)26-20-11-7-9-18(15-20)22-21(23)17-8-6-10-19(14-17)25-13-12-24-5-2/h6-11,14-16H,4-5,12-13H2,1-3H3,(H,22,23). The first-order valence-electron chi connectivity index (χ1n) is 9.01. The van der Waals surface area contributed by atoms with E-state index in [4.69, 9.17) is 14.2 Å². The van der Waals surface area contributed by atoms with E-state index >= 15 is 0 Å². The number of amides is 1. The highest BCUT2D eigenvalue weighted by Gasteiger charge is 2.09. The zero-order chi connectivity index (χ0) is 18.8. The molecule has 2 aromatic carbocycles. The summed E-state index contributed by atoms with van der Waals surface area (Å²) in [6.45, 7) is 7.66. The average molecular weight is 357 g/mol. The molecule has 1 unspecified atom stereocenters. The summed E-state index contributed by atoms with van der Waals surface area (Å²) in [5.41, 5.74) is 1.23. The molecule has 0 heterocycles. The Kier molecular flexibility index (Phi) is 7.96. The zero-order valence-electron chi connectivity index (χ0n) is 15.7. The van der Waals surface area contributed by atoms with Crippen molar-refractivity contribution >= 4 is 11.6 Å². The van der Waals surface area contributed by atoms with E-state index < -0.39 is 0 Å². The van der Waals surface area contributed by atoms with Gasteiger partial charge in [-0.2, -0.15) is 0 Å². The lowest BCUT2D eigenvalue weighted by Crippen LogP contribution is -2.13. The quantitative estimate of drug-likeness (QED) is 0.635. The predicted octanol–water partition coefficient (Wildman–Crippen LogP) is 4.53. The summed E-state index contributed by atoms with van der Waals surface area (Å²) in [5, 5.41) is 2.89. The van der Waals surface area contributed by atoms with Gasteiger partial charge in [0.15, 0.2) is 0 Å². The Morgan fingerprint density at radius 3 is 2.58 bits per heavy atom. The van der Waals surface area contributed by atoms with Gasteiger partial charge in [0.05, 0.1) is 12.7 Å². The number of anilines is 1. The largest absolute Gasteiger partial charge is 0.491 e. The maximum absolute atomic E-state index is 12.5. The van der Waals surface area contributed by atoms with E-state index in [2.05, 4.69) is 12.2 Å². The van der Waals surface area contributed by atoms with Crippen LogP contribution in [0.15, 0.2) is 48.5 Å². The first-order chi connectivity index (χ1) is 12.6. The molecule has 0 aromatic heterocycles. The molecule has 1 atom stereocenters. The molecule has 2 aromatic rings. The van der Waals surface area contributed by atoms with Crippen molar-refractivity contribution in [2.45, 2.75) is 33.3 Å². The van der Waals surface area contributed by atoms with Crippen LogP contribution in [-0.4, -0.2) is 31.8 Å². The SMILES string of the molecule is CCOCCOc1cccc(C(=O)Nc2cccc(OC(C)CC)c2)c1. The van der Waals surface area contributed by atoms with Crippen LogP contribution in [0.5, 0.6) is 11.5 Å². The molecular weight excluding hydrogens is 330 g/mol. The first-order valence-corrected chi connectivity index (χ1v) is 9.01. The molecule has 0 bridgehead atoms. The summed E-state index contributed by atoms with van der Waals surface area (Å²) in [7, 11) is 0. The molecule has 0 saturated heterocycles. The van der Waals surface area contributed by atoms with Crippen molar-refractivity contribution in [2.24, 2.45) is 0 Å². The molecule has 0 saturated carbocycles. The smallest absolute Gasteiger partial charge is 0.255 e. The van der Waals surface area contributed by atoms with Gasteiger partial charge >= 0.3 is 0 Å². The van der Waals surface area contributed by atoms with Crippen molar-refractivity contribution < 1.29 is 19.0 Å². The highest BCUT2D eigenvalue weighted by atomic mass is 16.5. The highest BCUT2D eigenvalue weighted by Crippen LogP contribution is 2.21. The van der Waals surface area contributed by atoms with Gasteiger partial charge in [-0.05, 0) is 50.6 Å². The second-order valence-corrected chi connectivity index (χ2v) is 5.89. The number of nitrogens with one attached hydrogen (secondary N) is 1. The van der Waals surface area contributed by atoms with E-state index in [-0.39, 0.29) is 12.0 Å². The van der Waals surface area contributed by atoms with E-state index in [1.54, 1.807) is 18.2 Å². The maximum Gasteiger partial charge on any atom is 0.255 e. The van der Waals surface area contributed by atoms with Crippen LogP contribution in [0.25, 0.3) is 0 Å². The number of hydrogen-bond donors (Lipinski definition) is 1. The lowest BCUT2D eigenvalue weighted by atomic mass is 10.2. The van der Waals surface area contributed by atoms with Crippen LogP contribution in [0.1, 0.15) is 37.6 Å². The molecule has 2 rings (SSSR count). The second kappa shape index (κ2) is 10.5. The molecular formula is C21H27NO4. The van der Waals surface area contributed by atoms with Crippen LogP contribution >= 0.6 is 0 Å². The second-order valence-electron chi connectivity index (χ2n) is 5.89. The van der Waals surface area contributed by atoms with Crippen molar-refractivity contribution in [1.29, 1.82) is 0 Å². The average Bonchev–Trinajstić information content (AvgIpc) is 2.65. The van der Waals surface area contributed by atoms with E-state index in [0.717, 1.165) is 12.2 Å². The molecule has 0 radical (unpaired) electrons. The topological polar surface area (TPSA) is 56.8 Å². The Balaban J connectivity index is 1.98. The monoisotopic (exact) mass is 357 g/mol. The fourth-order valence-electron chi connectivity index (χ4n) is 2.26. The number of rotatable bonds is 10. The zero-order valence-corrected chi connectivity index (χ0v) is 15.7. The fourth-order valence-corrected chi connectivity index (χ4v) is 2.26. The number of benzene rings is 2. The minimum Gasteiger partial charge on any atom is -0.491 e. The molecule has 0 aliphatic heterocycles. The van der Waals surface area contributed by atoms with Gasteiger partial charge in [-0.1, -0.05) is 19.1 Å². The fraction of sp³-hybridized carbons (Fsp3) is 0.381. The van der Waals surface area contributed by atoms with Crippen LogP contribution in [-0.2, 0) is 4.74 Å². The molecule has 0 aliphatic carbocycles. The summed E-state index contributed by atoms with van der Waals surface area (Å²) in [6.07, 6.45) is 1.05. The Hall–Kier alpha value is -2.53. The van der Waals surface area contributed by atoms with Crippen molar-refractivity contribution in [1.82, 2.24) is 0 Å². The third-order valence-corrected chi connectivity index (χ3v) is 3.80. The Morgan fingerprint density at radius 1 is 1.04 bits per heavy atom. The van der Waals surface area contributed by atoms with Crippen LogP contribution < -0.4 is 14.8 Å². The third kappa shape index (κ3) is 6.41. The normalized spacial score (nSPS) is 11.7. The van der Waals surface area contributed by atoms with E-state index in [1.807, 2.05) is 44.2 Å². The lowest BCUT2D eigenvalue weighted by Gasteiger charge is -2.14. The summed E-state index contributed by atoms with van der Waals surface area (Å²) in [5.74, 6) is 1.19. The van der Waals surface area contributed by atoms with Gasteiger partial charge in [0.1, 0.15) is 18.1 Å². The lowest BCUT2D eigenvalue weighted by molar-refractivity contribution is 0.102. The maximum atomic E-state index is 12.5. The van der Waals surface area contributed by atoms with Gasteiger partial charge < -0.3 is 19.5 Å². The van der Waals surface area contributed by atoms with Crippen molar-refractivity contribution in [2.75, 3.05) is 25.1 Å². The number of hydrogen-bond acceptors (Lipinski definition) is 4. The van der Waals surface area contributed by atoms with E-state index in [0.29, 0.717) is 36.8 Å². The summed E-state index contributed by atoms with van der Waals surface area (Å²) < 4.78 is 16.6. The number of carbonyl (C=O) groups is 1. The molecule has 5 heteroatoms. The first kappa shape index (κ1) is 19.8. The predicted molar refractivity (Wildman–Crippen MR) is 103 cm³/mol. The van der Waals surface area contributed by atoms with Gasteiger partial charge in [0.25, 0.3) is 5.91 Å². The summed E-state index contributed by atoms with van der Waals surface area (Å²) in [6, 6.07) is 14.5. The van der Waals surface area contributed by atoms with Crippen LogP contribution in [0.4, 0.5) is 5.69 Å². The molecule has 1 amide bonds. The molecule has 140 valence electrons. The Labute approximate surface area is 155 Å². The molecule has 0 fully saturated rings. The van der Waals surface area contributed by atoms with Crippen LogP contribution in [0.3, 0.4) is 0 Å². The minimum atomic E-state index is -0.194. The Bertz CT molecular complexity index is 702. The van der Waals surface area contributed by atoms with Gasteiger partial charge in [0.2, 0.25) is 0 Å². The van der Waals surface area contributed by atoms with Gasteiger partial charge in [-0.3, -0.25) is 4.79 Å². The third-order valence-electron chi connectivity index (χ3n) is 3.80. The van der Waals surface area contributed by atoms with E-state index in [1.165, 1.54) is 0 Å². The summed E-state index contributed by atoms with van der Waals surface area (Å²) in [4.78, 5) is 12.5. The van der Waals surface area contributed by atoms with E-state index in [9.17, 15) is 4.79 Å². The van der Waals surface area contributed by atoms with Gasteiger partial charge in [0, 0.05) is 23.9 Å². The molecule has 26 heavy (non-hydrogen) atoms. The van der Waals surface area contributed by atoms with Crippen LogP contribution in [0.2, 0.25) is 0 Å². The molecule has 0 spiro atoms. The minimum absolute atomic E-state index is 0.131. The highest BCUT2D eigenvalue weighted by molar-refractivity contribution is 6.04. The van der Waals surface area contributed by atoms with Crippen LogP contribution in [0, 0.1) is 0 Å². The van der Waals surface area contributed by atoms with Crippen molar-refractivity contribution in [3.63, 3.8) is 0 Å². The van der Waals surface area contributed by atoms with Crippen molar-refractivity contribution in [3.8, 4) is 11.5 Å². The molecule has 0 aliphatic rings. The van der Waals surface area contributed by atoms with Gasteiger partial charge in [-0.25, -0.2) is 0 Å². The molecule has 1 N–H and O–H groups in total. The molecule has 5 nitrogen and oxygen atoms in total. The van der Waals surface area contributed by atoms with Gasteiger partial charge in [-0.15, -0.1) is 0 Å².